The number of nitrogens with one attached hydrogen (secondary N) is 1. The SMILES string of the molecule is CCC[C@H]1O[C@@]23CCCC[C@@H]2C(C#N)(C#N)[C@@]1(C#N)C(=N)O3. The first kappa shape index (κ1) is 14.8. The Balaban J connectivity index is 2.27. The first-order chi connectivity index (χ1) is 10.6. The van der Waals surface area contributed by atoms with Gasteiger partial charge in [0.25, 0.3) is 0 Å². The number of fused-ring (bicyclic) bond motifs is 2. The molecule has 4 aliphatic rings. The minimum Gasteiger partial charge on any atom is -0.447 e. The van der Waals surface area contributed by atoms with Gasteiger partial charge in [0.05, 0.1) is 30.2 Å². The average Bonchev–Trinajstić information content (AvgIpc) is 2.53. The number of nitriles is 3. The van der Waals surface area contributed by atoms with Crippen molar-refractivity contribution in [2.75, 3.05) is 0 Å². The van der Waals surface area contributed by atoms with Gasteiger partial charge in [-0.05, 0) is 19.3 Å². The molecule has 0 aromatic rings. The van der Waals surface area contributed by atoms with Crippen LogP contribution in [-0.2, 0) is 9.47 Å². The lowest BCUT2D eigenvalue weighted by atomic mass is 9.48. The lowest BCUT2D eigenvalue weighted by molar-refractivity contribution is -0.358. The average molecular weight is 298 g/mol. The van der Waals surface area contributed by atoms with Gasteiger partial charge in [-0.2, -0.15) is 15.8 Å². The molecule has 3 aliphatic heterocycles. The topological polar surface area (TPSA) is 114 Å². The molecule has 22 heavy (non-hydrogen) atoms. The quantitative estimate of drug-likeness (QED) is 0.841. The van der Waals surface area contributed by atoms with Crippen molar-refractivity contribution in [2.45, 2.75) is 57.3 Å². The van der Waals surface area contributed by atoms with Crippen molar-refractivity contribution < 1.29 is 9.47 Å². The number of nitrogens with zero attached hydrogens (tertiary/aromatic N) is 3. The van der Waals surface area contributed by atoms with Crippen LogP contribution in [0.2, 0.25) is 0 Å². The number of hydrogen-bond acceptors (Lipinski definition) is 6. The zero-order valence-electron chi connectivity index (χ0n) is 12.6. The third-order valence-corrected chi connectivity index (χ3v) is 5.48. The van der Waals surface area contributed by atoms with Crippen LogP contribution in [0.1, 0.15) is 45.4 Å². The van der Waals surface area contributed by atoms with Gasteiger partial charge in [-0.15, -0.1) is 0 Å². The van der Waals surface area contributed by atoms with Crippen LogP contribution in [0.4, 0.5) is 0 Å². The molecule has 4 rings (SSSR count). The van der Waals surface area contributed by atoms with Crippen LogP contribution in [0.25, 0.3) is 0 Å². The molecule has 1 saturated carbocycles. The summed E-state index contributed by atoms with van der Waals surface area (Å²) < 4.78 is 11.9. The van der Waals surface area contributed by atoms with Gasteiger partial charge < -0.3 is 9.47 Å². The Morgan fingerprint density at radius 3 is 2.55 bits per heavy atom. The van der Waals surface area contributed by atoms with Crippen LogP contribution in [0.3, 0.4) is 0 Å². The number of hydrogen-bond donors (Lipinski definition) is 1. The normalized spacial score (nSPS) is 41.5. The molecule has 1 N–H and O–H groups in total. The van der Waals surface area contributed by atoms with E-state index in [0.717, 1.165) is 19.3 Å². The van der Waals surface area contributed by atoms with Crippen molar-refractivity contribution >= 4 is 5.90 Å². The van der Waals surface area contributed by atoms with Crippen molar-refractivity contribution in [3.05, 3.63) is 0 Å². The molecule has 2 bridgehead atoms. The van der Waals surface area contributed by atoms with Crippen molar-refractivity contribution in [3.63, 3.8) is 0 Å². The summed E-state index contributed by atoms with van der Waals surface area (Å²) >= 11 is 0. The van der Waals surface area contributed by atoms with Crippen molar-refractivity contribution in [3.8, 4) is 18.2 Å². The largest absolute Gasteiger partial charge is 0.447 e. The Kier molecular flexibility index (Phi) is 3.17. The second-order valence-corrected chi connectivity index (χ2v) is 6.39. The summed E-state index contributed by atoms with van der Waals surface area (Å²) in [5.41, 5.74) is -3.20. The van der Waals surface area contributed by atoms with Gasteiger partial charge in [0, 0.05) is 6.42 Å². The van der Waals surface area contributed by atoms with E-state index in [-0.39, 0.29) is 5.90 Å². The van der Waals surface area contributed by atoms with Crippen LogP contribution < -0.4 is 0 Å². The Morgan fingerprint density at radius 2 is 1.95 bits per heavy atom. The second-order valence-electron chi connectivity index (χ2n) is 6.39. The zero-order chi connectivity index (χ0) is 16.0. The maximum Gasteiger partial charge on any atom is 0.217 e. The minimum absolute atomic E-state index is 0.263. The fourth-order valence-corrected chi connectivity index (χ4v) is 4.49. The van der Waals surface area contributed by atoms with Crippen LogP contribution in [0.5, 0.6) is 0 Å². The van der Waals surface area contributed by atoms with Crippen molar-refractivity contribution in [1.29, 1.82) is 21.2 Å². The molecule has 6 heteroatoms. The summed E-state index contributed by atoms with van der Waals surface area (Å²) in [4.78, 5) is 0. The summed E-state index contributed by atoms with van der Waals surface area (Å²) in [7, 11) is 0. The molecular formula is C16H18N4O2. The molecule has 4 atom stereocenters. The summed E-state index contributed by atoms with van der Waals surface area (Å²) in [5.74, 6) is -1.83. The summed E-state index contributed by atoms with van der Waals surface area (Å²) in [6.07, 6.45) is 3.54. The van der Waals surface area contributed by atoms with Crippen LogP contribution in [0, 0.1) is 56.2 Å². The lowest BCUT2D eigenvalue weighted by Gasteiger charge is -2.63. The van der Waals surface area contributed by atoms with Gasteiger partial charge in [-0.25, -0.2) is 0 Å². The maximum absolute atomic E-state index is 9.87. The monoisotopic (exact) mass is 298 g/mol. The second kappa shape index (κ2) is 4.70. The molecule has 0 aromatic heterocycles. The molecule has 114 valence electrons. The number of rotatable bonds is 2. The highest BCUT2D eigenvalue weighted by atomic mass is 16.7. The van der Waals surface area contributed by atoms with E-state index in [1.807, 2.05) is 6.92 Å². The Bertz CT molecular complexity index is 626. The van der Waals surface area contributed by atoms with E-state index in [1.165, 1.54) is 0 Å². The predicted molar refractivity (Wildman–Crippen MR) is 75.0 cm³/mol. The molecule has 1 aliphatic carbocycles. The van der Waals surface area contributed by atoms with Gasteiger partial charge in [0.15, 0.2) is 10.8 Å². The molecule has 1 spiro atoms. The molecule has 0 aromatic carbocycles. The molecular weight excluding hydrogens is 280 g/mol. The highest BCUT2D eigenvalue weighted by Crippen LogP contribution is 2.66. The van der Waals surface area contributed by atoms with Crippen LogP contribution in [-0.4, -0.2) is 17.8 Å². The van der Waals surface area contributed by atoms with Crippen molar-refractivity contribution in [1.82, 2.24) is 0 Å². The van der Waals surface area contributed by atoms with Crippen molar-refractivity contribution in [2.24, 2.45) is 16.7 Å². The minimum atomic E-state index is -1.63. The van der Waals surface area contributed by atoms with Gasteiger partial charge >= 0.3 is 0 Å². The van der Waals surface area contributed by atoms with E-state index in [2.05, 4.69) is 18.2 Å². The first-order valence-electron chi connectivity index (χ1n) is 7.76. The zero-order valence-corrected chi connectivity index (χ0v) is 12.6. The third-order valence-electron chi connectivity index (χ3n) is 5.48. The molecule has 4 fully saturated rings. The van der Waals surface area contributed by atoms with E-state index in [9.17, 15) is 15.8 Å². The standard InChI is InChI=1S/C16H18N4O2/c1-2-5-12-15(10-19)13(20)22-16(21-12)7-4-3-6-11(16)14(15,8-17)9-18/h11-12,20H,2-7H2,1H3/t11-,12-,15-,16-/m1/s1. The van der Waals surface area contributed by atoms with E-state index >= 15 is 0 Å². The molecule has 6 nitrogen and oxygen atoms in total. The number of ether oxygens (including phenoxy) is 2. The highest BCUT2D eigenvalue weighted by Gasteiger charge is 2.79. The molecule has 0 amide bonds. The third kappa shape index (κ3) is 1.38. The maximum atomic E-state index is 9.87. The Labute approximate surface area is 129 Å². The van der Waals surface area contributed by atoms with E-state index in [4.69, 9.17) is 14.9 Å². The van der Waals surface area contributed by atoms with E-state index < -0.39 is 28.6 Å². The predicted octanol–water partition coefficient (Wildman–Crippen LogP) is 2.62. The molecule has 0 unspecified atom stereocenters. The van der Waals surface area contributed by atoms with E-state index in [0.29, 0.717) is 19.3 Å². The van der Waals surface area contributed by atoms with E-state index in [1.54, 1.807) is 0 Å². The molecule has 3 saturated heterocycles. The molecule has 3 heterocycles. The first-order valence-corrected chi connectivity index (χ1v) is 7.76. The smallest absolute Gasteiger partial charge is 0.217 e. The van der Waals surface area contributed by atoms with Gasteiger partial charge in [0.1, 0.15) is 0 Å². The van der Waals surface area contributed by atoms with Gasteiger partial charge in [-0.1, -0.05) is 19.8 Å². The fraction of sp³-hybridized carbons (Fsp3) is 0.750. The van der Waals surface area contributed by atoms with Crippen LogP contribution in [0.15, 0.2) is 0 Å². The Morgan fingerprint density at radius 1 is 1.23 bits per heavy atom. The highest BCUT2D eigenvalue weighted by molar-refractivity contribution is 5.88. The van der Waals surface area contributed by atoms with Crippen LogP contribution >= 0.6 is 0 Å². The summed E-state index contributed by atoms with van der Waals surface area (Å²) in [6, 6.07) is 6.33. The van der Waals surface area contributed by atoms with Gasteiger partial charge in [0.2, 0.25) is 11.7 Å². The molecule has 0 radical (unpaired) electrons. The fourth-order valence-electron chi connectivity index (χ4n) is 4.49. The summed E-state index contributed by atoms with van der Waals surface area (Å²) in [5, 5.41) is 37.9. The van der Waals surface area contributed by atoms with Gasteiger partial charge in [-0.3, -0.25) is 5.41 Å². The Hall–Kier alpha value is -2.10. The lowest BCUT2D eigenvalue weighted by Crippen LogP contribution is -2.75. The summed E-state index contributed by atoms with van der Waals surface area (Å²) in [6.45, 7) is 1.96.